The average Bonchev–Trinajstić information content (AvgIpc) is 2.97. The minimum Gasteiger partial charge on any atom is -0.446 e. The molecule has 0 spiro atoms. The van der Waals surface area contributed by atoms with E-state index in [1.165, 1.54) is 16.2 Å². The molecule has 92 valence electrons. The fourth-order valence-electron chi connectivity index (χ4n) is 1.96. The number of aldehydes is 1. The van der Waals surface area contributed by atoms with Crippen molar-refractivity contribution in [3.63, 3.8) is 0 Å². The molecule has 2 rings (SSSR count). The average molecular weight is 253 g/mol. The van der Waals surface area contributed by atoms with E-state index < -0.39 is 6.09 Å². The van der Waals surface area contributed by atoms with E-state index in [4.69, 9.17) is 4.74 Å². The Morgan fingerprint density at radius 1 is 1.53 bits per heavy atom. The van der Waals surface area contributed by atoms with Gasteiger partial charge in [0.1, 0.15) is 17.4 Å². The minimum atomic E-state index is -0.411. The van der Waals surface area contributed by atoms with Gasteiger partial charge in [-0.25, -0.2) is 4.79 Å². The first-order chi connectivity index (χ1) is 8.31. The van der Waals surface area contributed by atoms with E-state index in [0.29, 0.717) is 0 Å². The second kappa shape index (κ2) is 5.82. The summed E-state index contributed by atoms with van der Waals surface area (Å²) in [5, 5.41) is 2.62. The van der Waals surface area contributed by atoms with E-state index in [9.17, 15) is 9.59 Å². The molecular formula is C12H15NO3S. The highest BCUT2D eigenvalue weighted by atomic mass is 32.1. The van der Waals surface area contributed by atoms with Crippen molar-refractivity contribution in [3.05, 3.63) is 17.5 Å². The van der Waals surface area contributed by atoms with Gasteiger partial charge in [-0.05, 0) is 43.2 Å². The number of carbonyl (C=O) groups is 2. The number of thiophene rings is 1. The highest BCUT2D eigenvalue weighted by Gasteiger charge is 2.24. The molecule has 0 atom stereocenters. The molecule has 1 aromatic rings. The third-order valence-electron chi connectivity index (χ3n) is 2.82. The summed E-state index contributed by atoms with van der Waals surface area (Å²) in [6.07, 6.45) is 4.43. The number of amides is 1. The summed E-state index contributed by atoms with van der Waals surface area (Å²) in [6.45, 7) is 0.0477. The summed E-state index contributed by atoms with van der Waals surface area (Å²) in [4.78, 5) is 23.9. The molecule has 1 heterocycles. The maximum atomic E-state index is 11.9. The molecule has 1 aliphatic rings. The second-order valence-corrected chi connectivity index (χ2v) is 4.94. The van der Waals surface area contributed by atoms with E-state index in [0.717, 1.165) is 37.0 Å². The van der Waals surface area contributed by atoms with E-state index in [-0.39, 0.29) is 12.6 Å². The zero-order valence-corrected chi connectivity index (χ0v) is 10.3. The molecule has 17 heavy (non-hydrogen) atoms. The van der Waals surface area contributed by atoms with Crippen LogP contribution in [-0.2, 0) is 9.53 Å². The molecule has 0 aliphatic heterocycles. The number of hydrogen-bond acceptors (Lipinski definition) is 4. The lowest BCUT2D eigenvalue weighted by atomic mass is 10.3. The highest BCUT2D eigenvalue weighted by Crippen LogP contribution is 2.25. The van der Waals surface area contributed by atoms with Crippen molar-refractivity contribution in [2.24, 2.45) is 0 Å². The van der Waals surface area contributed by atoms with Crippen LogP contribution in [0.25, 0.3) is 0 Å². The van der Waals surface area contributed by atoms with E-state index >= 15 is 0 Å². The van der Waals surface area contributed by atoms with Crippen LogP contribution in [0.3, 0.4) is 0 Å². The smallest absolute Gasteiger partial charge is 0.415 e. The van der Waals surface area contributed by atoms with E-state index in [1.807, 2.05) is 17.5 Å². The lowest BCUT2D eigenvalue weighted by Gasteiger charge is -2.20. The monoisotopic (exact) mass is 253 g/mol. The molecule has 0 unspecified atom stereocenters. The van der Waals surface area contributed by atoms with Gasteiger partial charge in [-0.15, -0.1) is 11.3 Å². The van der Waals surface area contributed by atoms with Crippen molar-refractivity contribution in [2.75, 3.05) is 11.4 Å². The Morgan fingerprint density at radius 3 is 2.88 bits per heavy atom. The number of carbonyl (C=O) groups excluding carboxylic acids is 2. The van der Waals surface area contributed by atoms with Crippen LogP contribution in [-0.4, -0.2) is 25.0 Å². The van der Waals surface area contributed by atoms with Crippen LogP contribution in [0, 0.1) is 0 Å². The molecule has 0 saturated heterocycles. The zero-order chi connectivity index (χ0) is 12.1. The van der Waals surface area contributed by atoms with Crippen LogP contribution in [0.15, 0.2) is 17.5 Å². The molecule has 4 nitrogen and oxygen atoms in total. The van der Waals surface area contributed by atoms with Crippen molar-refractivity contribution in [2.45, 2.75) is 31.8 Å². The van der Waals surface area contributed by atoms with Gasteiger partial charge in [-0.1, -0.05) is 0 Å². The Hall–Kier alpha value is -1.36. The first kappa shape index (κ1) is 12.1. The van der Waals surface area contributed by atoms with Gasteiger partial charge < -0.3 is 9.53 Å². The standard InChI is InChI=1S/C12H15NO3S/c14-8-7-13(11-6-3-9-17-11)12(15)16-10-4-1-2-5-10/h3,6,8-10H,1-2,4-5,7H2. The van der Waals surface area contributed by atoms with Gasteiger partial charge in [0.15, 0.2) is 0 Å². The summed E-state index contributed by atoms with van der Waals surface area (Å²) in [7, 11) is 0. The number of ether oxygens (including phenoxy) is 1. The molecule has 1 saturated carbocycles. The van der Waals surface area contributed by atoms with Crippen LogP contribution >= 0.6 is 11.3 Å². The van der Waals surface area contributed by atoms with Crippen molar-refractivity contribution in [1.29, 1.82) is 0 Å². The molecule has 0 radical (unpaired) electrons. The minimum absolute atomic E-state index is 0.0246. The van der Waals surface area contributed by atoms with E-state index in [1.54, 1.807) is 0 Å². The molecule has 0 N–H and O–H groups in total. The van der Waals surface area contributed by atoms with Crippen molar-refractivity contribution < 1.29 is 14.3 Å². The van der Waals surface area contributed by atoms with Gasteiger partial charge in [0.2, 0.25) is 0 Å². The quantitative estimate of drug-likeness (QED) is 0.775. The molecule has 1 fully saturated rings. The summed E-state index contributed by atoms with van der Waals surface area (Å²) in [5.74, 6) is 0. The summed E-state index contributed by atoms with van der Waals surface area (Å²) < 4.78 is 5.38. The lowest BCUT2D eigenvalue weighted by molar-refractivity contribution is -0.106. The second-order valence-electron chi connectivity index (χ2n) is 4.02. The Kier molecular flexibility index (Phi) is 4.14. The van der Waals surface area contributed by atoms with Crippen LogP contribution < -0.4 is 4.90 Å². The van der Waals surface area contributed by atoms with Gasteiger partial charge >= 0.3 is 6.09 Å². The maximum Gasteiger partial charge on any atom is 0.415 e. The van der Waals surface area contributed by atoms with Gasteiger partial charge in [0, 0.05) is 0 Å². The molecule has 0 aromatic carbocycles. The molecule has 0 bridgehead atoms. The summed E-state index contributed by atoms with van der Waals surface area (Å²) in [6, 6.07) is 3.66. The molecule has 1 aromatic heterocycles. The first-order valence-electron chi connectivity index (χ1n) is 5.76. The fraction of sp³-hybridized carbons (Fsp3) is 0.500. The third-order valence-corrected chi connectivity index (χ3v) is 3.71. The Morgan fingerprint density at radius 2 is 2.29 bits per heavy atom. The van der Waals surface area contributed by atoms with Gasteiger partial charge in [-0.3, -0.25) is 4.90 Å². The number of anilines is 1. The van der Waals surface area contributed by atoms with Crippen molar-refractivity contribution >= 4 is 28.7 Å². The number of hydrogen-bond donors (Lipinski definition) is 0. The van der Waals surface area contributed by atoms with Crippen molar-refractivity contribution in [1.82, 2.24) is 0 Å². The third kappa shape index (κ3) is 3.06. The van der Waals surface area contributed by atoms with Gasteiger partial charge in [0.25, 0.3) is 0 Å². The Bertz CT molecular complexity index is 371. The Balaban J connectivity index is 1.99. The topological polar surface area (TPSA) is 46.6 Å². The molecule has 1 amide bonds. The fourth-order valence-corrected chi connectivity index (χ4v) is 2.69. The van der Waals surface area contributed by atoms with Crippen molar-refractivity contribution in [3.8, 4) is 0 Å². The summed E-state index contributed by atoms with van der Waals surface area (Å²) >= 11 is 1.42. The predicted octanol–water partition coefficient (Wildman–Crippen LogP) is 2.83. The lowest BCUT2D eigenvalue weighted by Crippen LogP contribution is -2.34. The van der Waals surface area contributed by atoms with Crippen LogP contribution in [0.1, 0.15) is 25.7 Å². The zero-order valence-electron chi connectivity index (χ0n) is 9.50. The molecule has 5 heteroatoms. The normalized spacial score (nSPS) is 15.8. The first-order valence-corrected chi connectivity index (χ1v) is 6.64. The highest BCUT2D eigenvalue weighted by molar-refractivity contribution is 7.14. The van der Waals surface area contributed by atoms with Gasteiger partial charge in [0.05, 0.1) is 6.54 Å². The number of nitrogens with zero attached hydrogens (tertiary/aromatic N) is 1. The molecule has 1 aliphatic carbocycles. The molecular weight excluding hydrogens is 238 g/mol. The van der Waals surface area contributed by atoms with Gasteiger partial charge in [-0.2, -0.15) is 0 Å². The van der Waals surface area contributed by atoms with E-state index in [2.05, 4.69) is 0 Å². The predicted molar refractivity (Wildman–Crippen MR) is 66.5 cm³/mol. The summed E-state index contributed by atoms with van der Waals surface area (Å²) in [5.41, 5.74) is 0. The van der Waals surface area contributed by atoms with Crippen LogP contribution in [0.4, 0.5) is 9.80 Å². The Labute approximate surface area is 104 Å². The SMILES string of the molecule is O=CCN(C(=O)OC1CCCC1)c1cccs1. The largest absolute Gasteiger partial charge is 0.446 e. The van der Waals surface area contributed by atoms with Crippen LogP contribution in [0.5, 0.6) is 0 Å². The number of rotatable bonds is 4. The van der Waals surface area contributed by atoms with Crippen LogP contribution in [0.2, 0.25) is 0 Å². The maximum absolute atomic E-state index is 11.9.